The van der Waals surface area contributed by atoms with Gasteiger partial charge in [0.1, 0.15) is 0 Å². The standard InChI is InChI=1S/C8H7N3.C5H5NO/c9-8-10-5-6-3-1-2-4-7(6)11-8;7-5-3-1-2-4-6-5/h1-5H,(H2,9,10,11);1-4H,(H,6,7). The highest BCUT2D eigenvalue weighted by atomic mass is 16.1. The SMILES string of the molecule is Nc1ncc2ccccc2n1.O=c1cccc[nH]1. The first-order chi connectivity index (χ1) is 8.75. The Labute approximate surface area is 103 Å². The van der Waals surface area contributed by atoms with Gasteiger partial charge < -0.3 is 10.7 Å². The van der Waals surface area contributed by atoms with Gasteiger partial charge in [0.2, 0.25) is 11.5 Å². The molecule has 3 rings (SSSR count). The number of rotatable bonds is 0. The number of anilines is 1. The van der Waals surface area contributed by atoms with Gasteiger partial charge in [-0.3, -0.25) is 4.79 Å². The first-order valence-corrected chi connectivity index (χ1v) is 5.37. The van der Waals surface area contributed by atoms with E-state index in [1.807, 2.05) is 24.3 Å². The van der Waals surface area contributed by atoms with Gasteiger partial charge in [-0.1, -0.05) is 24.3 Å². The first-order valence-electron chi connectivity index (χ1n) is 5.37. The summed E-state index contributed by atoms with van der Waals surface area (Å²) in [6.45, 7) is 0. The van der Waals surface area contributed by atoms with Gasteiger partial charge >= 0.3 is 0 Å². The smallest absolute Gasteiger partial charge is 0.247 e. The van der Waals surface area contributed by atoms with Crippen molar-refractivity contribution in [2.75, 3.05) is 5.73 Å². The van der Waals surface area contributed by atoms with Crippen LogP contribution in [-0.2, 0) is 0 Å². The molecule has 0 aliphatic carbocycles. The van der Waals surface area contributed by atoms with Crippen molar-refractivity contribution >= 4 is 16.9 Å². The maximum atomic E-state index is 10.2. The lowest BCUT2D eigenvalue weighted by Gasteiger charge is -1.94. The Hall–Kier alpha value is -2.69. The van der Waals surface area contributed by atoms with Crippen LogP contribution in [0, 0.1) is 0 Å². The van der Waals surface area contributed by atoms with Gasteiger partial charge in [-0.2, -0.15) is 0 Å². The van der Waals surface area contributed by atoms with Crippen molar-refractivity contribution < 1.29 is 0 Å². The van der Waals surface area contributed by atoms with Crippen molar-refractivity contribution in [3.8, 4) is 0 Å². The van der Waals surface area contributed by atoms with Crippen LogP contribution in [0.25, 0.3) is 10.9 Å². The zero-order valence-corrected chi connectivity index (χ0v) is 9.58. The molecule has 5 heteroatoms. The van der Waals surface area contributed by atoms with Crippen molar-refractivity contribution in [3.05, 3.63) is 65.2 Å². The number of H-pyrrole nitrogens is 1. The van der Waals surface area contributed by atoms with E-state index >= 15 is 0 Å². The quantitative estimate of drug-likeness (QED) is 0.625. The lowest BCUT2D eigenvalue weighted by Crippen LogP contribution is -1.98. The predicted molar refractivity (Wildman–Crippen MR) is 71.0 cm³/mol. The number of nitrogens with one attached hydrogen (secondary N) is 1. The number of aromatic amines is 1. The number of pyridine rings is 1. The average molecular weight is 240 g/mol. The number of hydrogen-bond donors (Lipinski definition) is 2. The maximum Gasteiger partial charge on any atom is 0.247 e. The van der Waals surface area contributed by atoms with E-state index in [1.165, 1.54) is 6.07 Å². The maximum absolute atomic E-state index is 10.2. The molecule has 90 valence electrons. The Morgan fingerprint density at radius 1 is 1.06 bits per heavy atom. The van der Waals surface area contributed by atoms with Gasteiger partial charge in [0.15, 0.2) is 0 Å². The van der Waals surface area contributed by atoms with Crippen LogP contribution in [0.2, 0.25) is 0 Å². The van der Waals surface area contributed by atoms with E-state index < -0.39 is 0 Å². The second-order valence-electron chi connectivity index (χ2n) is 3.51. The Morgan fingerprint density at radius 3 is 2.50 bits per heavy atom. The largest absolute Gasteiger partial charge is 0.368 e. The minimum atomic E-state index is -0.0532. The van der Waals surface area contributed by atoms with Crippen LogP contribution in [-0.4, -0.2) is 15.0 Å². The van der Waals surface area contributed by atoms with Gasteiger partial charge in [0, 0.05) is 23.8 Å². The summed E-state index contributed by atoms with van der Waals surface area (Å²) in [7, 11) is 0. The molecule has 0 aliphatic rings. The third-order valence-electron chi connectivity index (χ3n) is 2.19. The molecule has 0 spiro atoms. The molecular weight excluding hydrogens is 228 g/mol. The van der Waals surface area contributed by atoms with Gasteiger partial charge in [0.25, 0.3) is 0 Å². The predicted octanol–water partition coefficient (Wildman–Crippen LogP) is 1.59. The Balaban J connectivity index is 0.000000149. The van der Waals surface area contributed by atoms with E-state index in [0.29, 0.717) is 5.95 Å². The molecule has 0 saturated heterocycles. The van der Waals surface area contributed by atoms with Crippen LogP contribution >= 0.6 is 0 Å². The van der Waals surface area contributed by atoms with Crippen LogP contribution in [0.15, 0.2) is 59.7 Å². The number of benzene rings is 1. The number of aromatic nitrogens is 3. The van der Waals surface area contributed by atoms with Crippen LogP contribution in [0.3, 0.4) is 0 Å². The minimum absolute atomic E-state index is 0.0532. The third-order valence-corrected chi connectivity index (χ3v) is 2.19. The molecule has 2 heterocycles. The van der Waals surface area contributed by atoms with E-state index in [2.05, 4.69) is 15.0 Å². The molecular formula is C13H12N4O. The minimum Gasteiger partial charge on any atom is -0.368 e. The highest BCUT2D eigenvalue weighted by Crippen LogP contribution is 2.09. The fourth-order valence-corrected chi connectivity index (χ4v) is 1.36. The normalized spacial score (nSPS) is 9.56. The summed E-state index contributed by atoms with van der Waals surface area (Å²) < 4.78 is 0. The van der Waals surface area contributed by atoms with Crippen LogP contribution < -0.4 is 11.3 Å². The number of nitrogens with zero attached hydrogens (tertiary/aromatic N) is 2. The lowest BCUT2D eigenvalue weighted by molar-refractivity contribution is 1.24. The zero-order valence-electron chi connectivity index (χ0n) is 9.58. The summed E-state index contributed by atoms with van der Waals surface area (Å²) in [4.78, 5) is 20.6. The molecule has 3 aromatic rings. The van der Waals surface area contributed by atoms with Crippen LogP contribution in [0.5, 0.6) is 0 Å². The van der Waals surface area contributed by atoms with E-state index in [1.54, 1.807) is 24.5 Å². The van der Waals surface area contributed by atoms with Gasteiger partial charge in [0.05, 0.1) is 5.52 Å². The summed E-state index contributed by atoms with van der Waals surface area (Å²) in [6, 6.07) is 12.7. The third kappa shape index (κ3) is 3.15. The molecule has 2 aromatic heterocycles. The number of nitrogen functional groups attached to an aromatic ring is 1. The van der Waals surface area contributed by atoms with Crippen LogP contribution in [0.1, 0.15) is 0 Å². The fourth-order valence-electron chi connectivity index (χ4n) is 1.36. The summed E-state index contributed by atoms with van der Waals surface area (Å²) in [5.74, 6) is 0.323. The van der Waals surface area contributed by atoms with Crippen molar-refractivity contribution in [2.45, 2.75) is 0 Å². The Bertz CT molecular complexity index is 676. The monoisotopic (exact) mass is 240 g/mol. The second kappa shape index (κ2) is 5.58. The molecule has 0 radical (unpaired) electrons. The molecule has 5 nitrogen and oxygen atoms in total. The Morgan fingerprint density at radius 2 is 1.83 bits per heavy atom. The average Bonchev–Trinajstić information content (AvgIpc) is 2.40. The van der Waals surface area contributed by atoms with E-state index in [0.717, 1.165) is 10.9 Å². The van der Waals surface area contributed by atoms with Crippen molar-refractivity contribution in [1.29, 1.82) is 0 Å². The molecule has 0 aliphatic heterocycles. The van der Waals surface area contributed by atoms with E-state index in [4.69, 9.17) is 5.73 Å². The highest BCUT2D eigenvalue weighted by Gasteiger charge is 1.92. The summed E-state index contributed by atoms with van der Waals surface area (Å²) in [6.07, 6.45) is 3.32. The van der Waals surface area contributed by atoms with Gasteiger partial charge in [-0.25, -0.2) is 9.97 Å². The molecule has 0 saturated carbocycles. The number of fused-ring (bicyclic) bond motifs is 1. The second-order valence-corrected chi connectivity index (χ2v) is 3.51. The topological polar surface area (TPSA) is 84.7 Å². The molecule has 0 atom stereocenters. The van der Waals surface area contributed by atoms with Gasteiger partial charge in [-0.05, 0) is 12.1 Å². The summed E-state index contributed by atoms with van der Waals surface area (Å²) in [5, 5.41) is 1.02. The number of para-hydroxylation sites is 1. The van der Waals surface area contributed by atoms with Crippen molar-refractivity contribution in [1.82, 2.24) is 15.0 Å². The molecule has 3 N–H and O–H groups in total. The van der Waals surface area contributed by atoms with Crippen molar-refractivity contribution in [2.24, 2.45) is 0 Å². The molecule has 18 heavy (non-hydrogen) atoms. The van der Waals surface area contributed by atoms with E-state index in [9.17, 15) is 4.79 Å². The van der Waals surface area contributed by atoms with Crippen molar-refractivity contribution in [3.63, 3.8) is 0 Å². The summed E-state index contributed by atoms with van der Waals surface area (Å²) >= 11 is 0. The number of hydrogen-bond acceptors (Lipinski definition) is 4. The first kappa shape index (κ1) is 11.8. The molecule has 0 amide bonds. The number of nitrogens with two attached hydrogens (primary N) is 1. The zero-order chi connectivity index (χ0) is 12.8. The lowest BCUT2D eigenvalue weighted by atomic mass is 10.2. The molecule has 0 fully saturated rings. The summed E-state index contributed by atoms with van der Waals surface area (Å²) in [5.41, 5.74) is 6.24. The van der Waals surface area contributed by atoms with Crippen LogP contribution in [0.4, 0.5) is 5.95 Å². The Kier molecular flexibility index (Phi) is 3.66. The van der Waals surface area contributed by atoms with E-state index in [-0.39, 0.29) is 5.56 Å². The highest BCUT2D eigenvalue weighted by molar-refractivity contribution is 5.78. The molecule has 1 aromatic carbocycles. The van der Waals surface area contributed by atoms with Gasteiger partial charge in [-0.15, -0.1) is 0 Å². The molecule has 0 unspecified atom stereocenters. The fraction of sp³-hybridized carbons (Fsp3) is 0. The molecule has 0 bridgehead atoms.